The van der Waals surface area contributed by atoms with Crippen LogP contribution in [-0.4, -0.2) is 45.9 Å². The number of carbonyl (C=O) groups is 3. The Balaban J connectivity index is 1.55. The van der Waals surface area contributed by atoms with E-state index in [2.05, 4.69) is 10.6 Å². The molecule has 6 rings (SSSR count). The monoisotopic (exact) mass is 677 g/mol. The van der Waals surface area contributed by atoms with Crippen LogP contribution in [0.3, 0.4) is 0 Å². The van der Waals surface area contributed by atoms with Crippen LogP contribution in [0.25, 0.3) is 5.69 Å². The number of halogens is 4. The van der Waals surface area contributed by atoms with Crippen molar-refractivity contribution in [2.24, 2.45) is 0 Å². The van der Waals surface area contributed by atoms with Crippen molar-refractivity contribution in [1.82, 2.24) is 20.4 Å². The highest BCUT2D eigenvalue weighted by atomic mass is 19.4. The smallest absolute Gasteiger partial charge is 0.416 e. The third-order valence-electron chi connectivity index (χ3n) is 8.56. The normalized spacial score (nSPS) is 18.4. The molecule has 4 aromatic rings. The Bertz CT molecular complexity index is 1900. The number of benzene rings is 3. The third kappa shape index (κ3) is 6.61. The van der Waals surface area contributed by atoms with Gasteiger partial charge in [0.25, 0.3) is 11.8 Å². The van der Waals surface area contributed by atoms with E-state index >= 15 is 0 Å². The van der Waals surface area contributed by atoms with Gasteiger partial charge in [-0.25, -0.2) is 13.9 Å². The largest absolute Gasteiger partial charge is 0.444 e. The van der Waals surface area contributed by atoms with E-state index in [4.69, 9.17) is 9.84 Å². The lowest BCUT2D eigenvalue weighted by Gasteiger charge is -2.39. The van der Waals surface area contributed by atoms with Gasteiger partial charge >= 0.3 is 12.3 Å². The van der Waals surface area contributed by atoms with Crippen molar-refractivity contribution >= 4 is 23.7 Å². The molecule has 0 radical (unpaired) electrons. The minimum atomic E-state index is -4.69. The first-order valence-corrected chi connectivity index (χ1v) is 15.9. The minimum Gasteiger partial charge on any atom is -0.444 e. The molecule has 0 spiro atoms. The highest BCUT2D eigenvalue weighted by Crippen LogP contribution is 2.53. The lowest BCUT2D eigenvalue weighted by atomic mass is 9.79. The number of ether oxygens (including phenoxy) is 1. The molecule has 1 saturated carbocycles. The number of nitrogens with zero attached hydrogens (tertiary/aromatic N) is 3. The van der Waals surface area contributed by atoms with Crippen molar-refractivity contribution in [3.05, 3.63) is 113 Å². The van der Waals surface area contributed by atoms with Gasteiger partial charge in [0.05, 0.1) is 22.5 Å². The average Bonchev–Trinajstić information content (AvgIpc) is 3.71. The number of alkyl halides is 3. The standard InChI is InChI=1S/C36H35F4N5O4/c1-5-44-31-27(29(43-45(31)25-12-7-6-8-13-25)35(18-19-35)42-33(48)49-34(2,3)4)26(21-14-16-24(37)17-15-21)28(32(44)47)41-30(46)22-10-9-11-23(20-22)36(38,39)40/h6-17,20,26,28H,5,18-19H2,1-4H3,(H,41,46)(H,42,48)/t26-,28-/m0/s1. The van der Waals surface area contributed by atoms with Crippen LogP contribution in [0.1, 0.15) is 79.2 Å². The lowest BCUT2D eigenvalue weighted by Crippen LogP contribution is -2.55. The van der Waals surface area contributed by atoms with E-state index in [1.807, 2.05) is 30.3 Å². The summed E-state index contributed by atoms with van der Waals surface area (Å²) in [6, 6.07) is 17.1. The Morgan fingerprint density at radius 1 is 0.980 bits per heavy atom. The van der Waals surface area contributed by atoms with Gasteiger partial charge in [-0.3, -0.25) is 14.5 Å². The van der Waals surface area contributed by atoms with Crippen molar-refractivity contribution < 1.29 is 36.7 Å². The number of fused-ring (bicyclic) bond motifs is 1. The molecule has 0 saturated heterocycles. The molecule has 9 nitrogen and oxygen atoms in total. The van der Waals surface area contributed by atoms with E-state index in [0.29, 0.717) is 41.2 Å². The maximum atomic E-state index is 14.5. The van der Waals surface area contributed by atoms with Gasteiger partial charge in [0.15, 0.2) is 0 Å². The van der Waals surface area contributed by atoms with Crippen LogP contribution in [0.4, 0.5) is 28.2 Å². The zero-order chi connectivity index (χ0) is 35.3. The second kappa shape index (κ2) is 12.4. The number of rotatable bonds is 7. The minimum absolute atomic E-state index is 0.141. The molecule has 2 heterocycles. The first kappa shape index (κ1) is 33.7. The van der Waals surface area contributed by atoms with Crippen LogP contribution < -0.4 is 15.5 Å². The molecule has 1 aliphatic heterocycles. The maximum absolute atomic E-state index is 14.5. The molecular formula is C36H35F4N5O4. The van der Waals surface area contributed by atoms with E-state index in [9.17, 15) is 31.9 Å². The molecule has 2 N–H and O–H groups in total. The van der Waals surface area contributed by atoms with Crippen molar-refractivity contribution in [2.75, 3.05) is 11.4 Å². The fraction of sp³-hybridized carbons (Fsp3) is 0.333. The molecule has 3 amide bonds. The average molecular weight is 678 g/mol. The molecule has 2 atom stereocenters. The number of amides is 3. The van der Waals surface area contributed by atoms with Crippen LogP contribution in [-0.2, 0) is 21.2 Å². The second-order valence-corrected chi connectivity index (χ2v) is 13.2. The summed E-state index contributed by atoms with van der Waals surface area (Å²) in [6.07, 6.45) is -4.38. The number of anilines is 1. The quantitative estimate of drug-likeness (QED) is 0.209. The van der Waals surface area contributed by atoms with Crippen LogP contribution in [0.15, 0.2) is 78.9 Å². The number of aromatic nitrogens is 2. The summed E-state index contributed by atoms with van der Waals surface area (Å²) >= 11 is 0. The summed E-state index contributed by atoms with van der Waals surface area (Å²) in [5.41, 5.74) is -1.10. The number of carbonyl (C=O) groups excluding carboxylic acids is 3. The number of hydrogen-bond donors (Lipinski definition) is 2. The van der Waals surface area contributed by atoms with Gasteiger partial charge < -0.3 is 15.4 Å². The molecule has 1 fully saturated rings. The number of likely N-dealkylation sites (N-methyl/N-ethyl adjacent to an activating group) is 1. The molecule has 0 bridgehead atoms. The Morgan fingerprint density at radius 3 is 2.24 bits per heavy atom. The Kier molecular flexibility index (Phi) is 8.49. The molecule has 1 aromatic heterocycles. The predicted molar refractivity (Wildman–Crippen MR) is 173 cm³/mol. The summed E-state index contributed by atoms with van der Waals surface area (Å²) in [5.74, 6) is -2.56. The molecule has 256 valence electrons. The highest BCUT2D eigenvalue weighted by Gasteiger charge is 2.55. The Labute approximate surface area is 280 Å². The van der Waals surface area contributed by atoms with E-state index < -0.39 is 58.6 Å². The summed E-state index contributed by atoms with van der Waals surface area (Å²) in [6.45, 7) is 7.11. The van der Waals surface area contributed by atoms with Crippen LogP contribution in [0.2, 0.25) is 0 Å². The first-order chi connectivity index (χ1) is 23.1. The van der Waals surface area contributed by atoms with Gasteiger partial charge in [-0.05, 0) is 88.6 Å². The van der Waals surface area contributed by atoms with Crippen LogP contribution >= 0.6 is 0 Å². The van der Waals surface area contributed by atoms with Gasteiger partial charge in [0, 0.05) is 23.6 Å². The van der Waals surface area contributed by atoms with Gasteiger partial charge in [-0.2, -0.15) is 18.3 Å². The maximum Gasteiger partial charge on any atom is 0.416 e. The zero-order valence-electron chi connectivity index (χ0n) is 27.3. The lowest BCUT2D eigenvalue weighted by molar-refractivity contribution is -0.137. The second-order valence-electron chi connectivity index (χ2n) is 13.2. The van der Waals surface area contributed by atoms with Crippen LogP contribution in [0.5, 0.6) is 0 Å². The summed E-state index contributed by atoms with van der Waals surface area (Å²) in [7, 11) is 0. The number of hydrogen-bond acceptors (Lipinski definition) is 5. The SMILES string of the molecule is CCN1C(=O)[C@@H](NC(=O)c2cccc(C(F)(F)F)c2)[C@@H](c2ccc(F)cc2)c2c(C3(NC(=O)OC(C)(C)C)CC3)nn(-c3ccccc3)c21. The van der Waals surface area contributed by atoms with Gasteiger partial charge in [-0.1, -0.05) is 36.4 Å². The van der Waals surface area contributed by atoms with Gasteiger partial charge in [0.2, 0.25) is 0 Å². The third-order valence-corrected chi connectivity index (χ3v) is 8.56. The van der Waals surface area contributed by atoms with Crippen molar-refractivity contribution in [1.29, 1.82) is 0 Å². The summed E-state index contributed by atoms with van der Waals surface area (Å²) in [4.78, 5) is 42.8. The number of nitrogens with one attached hydrogen (secondary N) is 2. The van der Waals surface area contributed by atoms with Crippen molar-refractivity contribution in [2.45, 2.75) is 69.8 Å². The fourth-order valence-electron chi connectivity index (χ4n) is 6.24. The van der Waals surface area contributed by atoms with Gasteiger partial charge in [0.1, 0.15) is 23.3 Å². The topological polar surface area (TPSA) is 106 Å². The molecule has 13 heteroatoms. The first-order valence-electron chi connectivity index (χ1n) is 15.9. The van der Waals surface area contributed by atoms with Crippen LogP contribution in [0, 0.1) is 5.82 Å². The van der Waals surface area contributed by atoms with Crippen molar-refractivity contribution in [3.63, 3.8) is 0 Å². The number of alkyl carbamates (subject to hydrolysis) is 1. The summed E-state index contributed by atoms with van der Waals surface area (Å²) < 4.78 is 62.1. The van der Waals surface area contributed by atoms with E-state index in [-0.39, 0.29) is 12.1 Å². The predicted octanol–water partition coefficient (Wildman–Crippen LogP) is 6.84. The van der Waals surface area contributed by atoms with E-state index in [0.717, 1.165) is 18.2 Å². The van der Waals surface area contributed by atoms with E-state index in [1.54, 1.807) is 32.4 Å². The molecule has 2 aliphatic rings. The van der Waals surface area contributed by atoms with Gasteiger partial charge in [-0.15, -0.1) is 0 Å². The molecule has 49 heavy (non-hydrogen) atoms. The fourth-order valence-corrected chi connectivity index (χ4v) is 6.24. The van der Waals surface area contributed by atoms with Crippen molar-refractivity contribution in [3.8, 4) is 5.69 Å². The molecule has 1 aliphatic carbocycles. The molecule has 0 unspecified atom stereocenters. The Hall–Kier alpha value is -5.20. The molecule has 3 aromatic carbocycles. The molecular weight excluding hydrogens is 642 g/mol. The summed E-state index contributed by atoms with van der Waals surface area (Å²) in [5, 5.41) is 10.7. The van der Waals surface area contributed by atoms with E-state index in [1.165, 1.54) is 35.2 Å². The highest BCUT2D eigenvalue weighted by molar-refractivity contribution is 6.05. The number of para-hydroxylation sites is 1. The Morgan fingerprint density at radius 2 is 1.65 bits per heavy atom. The zero-order valence-corrected chi connectivity index (χ0v) is 27.3.